The molecule has 1 aliphatic heterocycles. The second kappa shape index (κ2) is 12.3. The molecule has 3 heterocycles. The zero-order valence-electron chi connectivity index (χ0n) is 26.0. The molecular formula is C32H40F3N5O4S. The molecule has 0 spiro atoms. The van der Waals surface area contributed by atoms with Gasteiger partial charge < -0.3 is 9.64 Å². The predicted molar refractivity (Wildman–Crippen MR) is 164 cm³/mol. The van der Waals surface area contributed by atoms with Crippen LogP contribution >= 0.6 is 0 Å². The summed E-state index contributed by atoms with van der Waals surface area (Å²) >= 11 is 0. The van der Waals surface area contributed by atoms with Crippen molar-refractivity contribution in [2.24, 2.45) is 11.3 Å². The van der Waals surface area contributed by atoms with Crippen molar-refractivity contribution >= 4 is 21.7 Å². The lowest BCUT2D eigenvalue weighted by molar-refractivity contribution is -0.190. The highest BCUT2D eigenvalue weighted by Gasteiger charge is 2.62. The molecule has 9 nitrogen and oxygen atoms in total. The standard InChI is InChI=1S/C32H40F3N5O4S/c1-5-6-7-23-8-10-24(11-9-23)45(42,43)38-29(41)25-12-13-26(36-28(25)39-21-22(2)20-30(39,3)4)40-18-14-27(37-40)44-19-17-31(15-16-31)32(33,34)35/h8-14,18,22H,5-7,15-17,19-21H2,1-4H3,(H,38,41). The minimum Gasteiger partial charge on any atom is -0.477 e. The van der Waals surface area contributed by atoms with Crippen LogP contribution in [0.4, 0.5) is 19.0 Å². The van der Waals surface area contributed by atoms with Crippen molar-refractivity contribution in [2.45, 2.75) is 89.3 Å². The first-order valence-electron chi connectivity index (χ1n) is 15.3. The molecule has 5 rings (SSSR count). The summed E-state index contributed by atoms with van der Waals surface area (Å²) in [4.78, 5) is 20.3. The fourth-order valence-electron chi connectivity index (χ4n) is 6.05. The summed E-state index contributed by atoms with van der Waals surface area (Å²) in [6.07, 6.45) is 1.11. The number of alkyl halides is 3. The molecule has 45 heavy (non-hydrogen) atoms. The number of benzene rings is 1. The molecular weight excluding hydrogens is 607 g/mol. The van der Waals surface area contributed by atoms with Gasteiger partial charge >= 0.3 is 6.18 Å². The molecule has 1 aromatic carbocycles. The van der Waals surface area contributed by atoms with Crippen LogP contribution in [0.2, 0.25) is 0 Å². The van der Waals surface area contributed by atoms with Gasteiger partial charge in [-0.3, -0.25) is 4.79 Å². The van der Waals surface area contributed by atoms with Gasteiger partial charge in [-0.1, -0.05) is 32.4 Å². The molecule has 244 valence electrons. The number of halogens is 3. The molecule has 2 aliphatic rings. The van der Waals surface area contributed by atoms with Crippen LogP contribution in [0.1, 0.15) is 82.1 Å². The van der Waals surface area contributed by atoms with Crippen molar-refractivity contribution in [3.05, 3.63) is 59.8 Å². The van der Waals surface area contributed by atoms with Gasteiger partial charge in [0.15, 0.2) is 5.82 Å². The van der Waals surface area contributed by atoms with E-state index < -0.39 is 27.5 Å². The zero-order chi connectivity index (χ0) is 32.6. The van der Waals surface area contributed by atoms with Gasteiger partial charge in [-0.15, -0.1) is 5.10 Å². The Labute approximate surface area is 262 Å². The number of nitrogens with one attached hydrogen (secondary N) is 1. The zero-order valence-corrected chi connectivity index (χ0v) is 26.8. The number of pyridine rings is 1. The molecule has 1 amide bonds. The number of aryl methyl sites for hydroxylation is 1. The van der Waals surface area contributed by atoms with E-state index in [1.165, 1.54) is 28.9 Å². The van der Waals surface area contributed by atoms with Crippen LogP contribution in [0.5, 0.6) is 5.88 Å². The molecule has 13 heteroatoms. The van der Waals surface area contributed by atoms with Gasteiger partial charge in [0.25, 0.3) is 15.9 Å². The number of ether oxygens (including phenoxy) is 1. The first-order valence-corrected chi connectivity index (χ1v) is 16.8. The van der Waals surface area contributed by atoms with E-state index in [0.717, 1.165) is 31.2 Å². The maximum Gasteiger partial charge on any atom is 0.394 e. The Balaban J connectivity index is 1.37. The molecule has 0 bridgehead atoms. The van der Waals surface area contributed by atoms with E-state index in [2.05, 4.69) is 23.7 Å². The number of aromatic nitrogens is 3. The van der Waals surface area contributed by atoms with Crippen molar-refractivity contribution in [1.29, 1.82) is 0 Å². The molecule has 1 atom stereocenters. The SMILES string of the molecule is CCCCc1ccc(S(=O)(=O)NC(=O)c2ccc(-n3ccc(OCCC4(C(F)(F)F)CC4)n3)nc2N2CC(C)CC2(C)C)cc1. The van der Waals surface area contributed by atoms with E-state index in [4.69, 9.17) is 9.72 Å². The lowest BCUT2D eigenvalue weighted by Gasteiger charge is -2.34. The number of amides is 1. The topological polar surface area (TPSA) is 106 Å². The van der Waals surface area contributed by atoms with Crippen molar-refractivity contribution < 1.29 is 31.1 Å². The third kappa shape index (κ3) is 7.13. The van der Waals surface area contributed by atoms with Gasteiger partial charge in [0, 0.05) is 24.3 Å². The van der Waals surface area contributed by atoms with Crippen LogP contribution in [-0.2, 0) is 16.4 Å². The Morgan fingerprint density at radius 2 is 1.82 bits per heavy atom. The van der Waals surface area contributed by atoms with Crippen LogP contribution < -0.4 is 14.4 Å². The molecule has 1 N–H and O–H groups in total. The Kier molecular flexibility index (Phi) is 8.96. The van der Waals surface area contributed by atoms with Crippen LogP contribution in [0.3, 0.4) is 0 Å². The number of carbonyl (C=O) groups excluding carboxylic acids is 1. The van der Waals surface area contributed by atoms with E-state index in [0.29, 0.717) is 24.1 Å². The Hall–Kier alpha value is -3.61. The summed E-state index contributed by atoms with van der Waals surface area (Å²) in [6.45, 7) is 8.74. The fourth-order valence-corrected chi connectivity index (χ4v) is 7.02. The highest BCUT2D eigenvalue weighted by atomic mass is 32.2. The molecule has 3 aromatic rings. The number of hydrogen-bond donors (Lipinski definition) is 1. The number of nitrogens with zero attached hydrogens (tertiary/aromatic N) is 4. The molecule has 2 aromatic heterocycles. The summed E-state index contributed by atoms with van der Waals surface area (Å²) in [7, 11) is -4.16. The normalized spacial score (nSPS) is 19.0. The van der Waals surface area contributed by atoms with Crippen molar-refractivity contribution in [1.82, 2.24) is 19.5 Å². The highest BCUT2D eigenvalue weighted by molar-refractivity contribution is 7.90. The van der Waals surface area contributed by atoms with Gasteiger partial charge in [0.05, 0.1) is 22.5 Å². The summed E-state index contributed by atoms with van der Waals surface area (Å²) < 4.78 is 75.3. The van der Waals surface area contributed by atoms with Crippen LogP contribution in [0.15, 0.2) is 53.6 Å². The van der Waals surface area contributed by atoms with E-state index in [1.54, 1.807) is 24.4 Å². The number of carbonyl (C=O) groups is 1. The average molecular weight is 648 g/mol. The van der Waals surface area contributed by atoms with Gasteiger partial charge in [-0.05, 0) is 88.1 Å². The van der Waals surface area contributed by atoms with Gasteiger partial charge in [0.1, 0.15) is 5.82 Å². The molecule has 0 radical (unpaired) electrons. The Morgan fingerprint density at radius 1 is 1.11 bits per heavy atom. The van der Waals surface area contributed by atoms with Crippen molar-refractivity contribution in [3.8, 4) is 11.7 Å². The lowest BCUT2D eigenvalue weighted by Crippen LogP contribution is -2.41. The van der Waals surface area contributed by atoms with Crippen LogP contribution in [0.25, 0.3) is 5.82 Å². The average Bonchev–Trinajstić information content (AvgIpc) is 3.54. The monoisotopic (exact) mass is 647 g/mol. The second-order valence-electron chi connectivity index (χ2n) is 12.9. The fraction of sp³-hybridized carbons (Fsp3) is 0.531. The van der Waals surface area contributed by atoms with Gasteiger partial charge in [-0.2, -0.15) is 13.2 Å². The maximum absolute atomic E-state index is 13.6. The second-order valence-corrected chi connectivity index (χ2v) is 14.6. The molecule has 1 saturated carbocycles. The summed E-state index contributed by atoms with van der Waals surface area (Å²) in [5.74, 6) is 0.291. The summed E-state index contributed by atoms with van der Waals surface area (Å²) in [6, 6.07) is 11.1. The smallest absolute Gasteiger partial charge is 0.394 e. The summed E-state index contributed by atoms with van der Waals surface area (Å²) in [5, 5.41) is 4.34. The first kappa shape index (κ1) is 32.8. The number of hydrogen-bond acceptors (Lipinski definition) is 7. The quantitative estimate of drug-likeness (QED) is 0.240. The van der Waals surface area contributed by atoms with Crippen molar-refractivity contribution in [3.63, 3.8) is 0 Å². The highest BCUT2D eigenvalue weighted by Crippen LogP contribution is 2.59. The maximum atomic E-state index is 13.6. The minimum absolute atomic E-state index is 0.00994. The number of sulfonamides is 1. The van der Waals surface area contributed by atoms with Crippen LogP contribution in [-0.4, -0.2) is 54.0 Å². The van der Waals surface area contributed by atoms with E-state index in [9.17, 15) is 26.4 Å². The third-order valence-electron chi connectivity index (χ3n) is 8.80. The number of rotatable bonds is 12. The van der Waals surface area contributed by atoms with Gasteiger partial charge in [-0.25, -0.2) is 22.8 Å². The minimum atomic E-state index is -4.25. The molecule has 1 aliphatic carbocycles. The first-order chi connectivity index (χ1) is 21.1. The number of anilines is 1. The number of unbranched alkanes of at least 4 members (excludes halogenated alkanes) is 1. The van der Waals surface area contributed by atoms with Crippen LogP contribution in [0, 0.1) is 11.3 Å². The molecule has 2 fully saturated rings. The van der Waals surface area contributed by atoms with Crippen molar-refractivity contribution in [2.75, 3.05) is 18.1 Å². The Morgan fingerprint density at radius 3 is 2.42 bits per heavy atom. The Bertz CT molecular complexity index is 1630. The lowest BCUT2D eigenvalue weighted by atomic mass is 9.97. The molecule has 1 unspecified atom stereocenters. The van der Waals surface area contributed by atoms with Gasteiger partial charge in [0.2, 0.25) is 5.88 Å². The van der Waals surface area contributed by atoms with E-state index in [1.807, 2.05) is 18.7 Å². The van der Waals surface area contributed by atoms with E-state index in [-0.39, 0.29) is 47.7 Å². The van der Waals surface area contributed by atoms with E-state index >= 15 is 0 Å². The third-order valence-corrected chi connectivity index (χ3v) is 10.1. The predicted octanol–water partition coefficient (Wildman–Crippen LogP) is 6.46. The summed E-state index contributed by atoms with van der Waals surface area (Å²) in [5.41, 5.74) is -0.916. The molecule has 1 saturated heterocycles. The largest absolute Gasteiger partial charge is 0.477 e.